The van der Waals surface area contributed by atoms with E-state index in [-0.39, 0.29) is 11.8 Å². The van der Waals surface area contributed by atoms with Gasteiger partial charge in [0.15, 0.2) is 0 Å². The van der Waals surface area contributed by atoms with Crippen LogP contribution in [-0.4, -0.2) is 74.2 Å². The zero-order valence-corrected chi connectivity index (χ0v) is 14.5. The Balaban J connectivity index is 1.67. The SMILES string of the molecule is COCCN1C(C)CN(CCNC(=O)C2CCCC2)CC1C. The Labute approximate surface area is 135 Å². The second-order valence-electron chi connectivity index (χ2n) is 6.96. The monoisotopic (exact) mass is 311 g/mol. The Hall–Kier alpha value is -0.650. The molecule has 1 amide bonds. The molecular weight excluding hydrogens is 278 g/mol. The van der Waals surface area contributed by atoms with E-state index in [9.17, 15) is 4.79 Å². The Bertz CT molecular complexity index is 333. The number of methoxy groups -OCH3 is 1. The van der Waals surface area contributed by atoms with Gasteiger partial charge in [0.2, 0.25) is 5.91 Å². The fourth-order valence-corrected chi connectivity index (χ4v) is 3.96. The van der Waals surface area contributed by atoms with Gasteiger partial charge in [-0.1, -0.05) is 12.8 Å². The smallest absolute Gasteiger partial charge is 0.223 e. The minimum atomic E-state index is 0.275. The summed E-state index contributed by atoms with van der Waals surface area (Å²) >= 11 is 0. The van der Waals surface area contributed by atoms with E-state index in [4.69, 9.17) is 4.74 Å². The Kier molecular flexibility index (Phi) is 7.12. The molecule has 0 aromatic heterocycles. The molecule has 2 atom stereocenters. The van der Waals surface area contributed by atoms with Crippen molar-refractivity contribution >= 4 is 5.91 Å². The number of rotatable bonds is 7. The third-order valence-corrected chi connectivity index (χ3v) is 5.18. The maximum Gasteiger partial charge on any atom is 0.223 e. The molecule has 128 valence electrons. The summed E-state index contributed by atoms with van der Waals surface area (Å²) in [4.78, 5) is 17.0. The molecule has 22 heavy (non-hydrogen) atoms. The summed E-state index contributed by atoms with van der Waals surface area (Å²) in [5, 5.41) is 3.13. The van der Waals surface area contributed by atoms with Crippen molar-refractivity contribution < 1.29 is 9.53 Å². The average molecular weight is 311 g/mol. The van der Waals surface area contributed by atoms with Crippen molar-refractivity contribution in [3.05, 3.63) is 0 Å². The minimum absolute atomic E-state index is 0.275. The highest BCUT2D eigenvalue weighted by molar-refractivity contribution is 5.78. The predicted octanol–water partition coefficient (Wildman–Crippen LogP) is 1.33. The Morgan fingerprint density at radius 1 is 1.14 bits per heavy atom. The normalized spacial score (nSPS) is 28.1. The number of nitrogens with zero attached hydrogens (tertiary/aromatic N) is 2. The van der Waals surface area contributed by atoms with Crippen molar-refractivity contribution in [2.75, 3.05) is 46.4 Å². The highest BCUT2D eigenvalue weighted by atomic mass is 16.5. The molecule has 1 saturated heterocycles. The summed E-state index contributed by atoms with van der Waals surface area (Å²) in [6, 6.07) is 1.09. The number of carbonyl (C=O) groups excluding carboxylic acids is 1. The standard InChI is InChI=1S/C17H33N3O2/c1-14-12-19(13-15(2)20(14)10-11-22-3)9-8-18-17(21)16-6-4-5-7-16/h14-16H,4-13H2,1-3H3,(H,18,21). The van der Waals surface area contributed by atoms with Gasteiger partial charge in [-0.05, 0) is 26.7 Å². The number of amides is 1. The molecule has 2 rings (SSSR count). The van der Waals surface area contributed by atoms with Crippen molar-refractivity contribution in [1.82, 2.24) is 15.1 Å². The summed E-state index contributed by atoms with van der Waals surface area (Å²) in [5.74, 6) is 0.557. The van der Waals surface area contributed by atoms with Crippen LogP contribution in [0, 0.1) is 5.92 Å². The number of nitrogens with one attached hydrogen (secondary N) is 1. The quantitative estimate of drug-likeness (QED) is 0.770. The maximum atomic E-state index is 12.0. The maximum absolute atomic E-state index is 12.0. The average Bonchev–Trinajstić information content (AvgIpc) is 3.00. The molecule has 2 aliphatic rings. The van der Waals surface area contributed by atoms with Gasteiger partial charge in [-0.3, -0.25) is 14.6 Å². The van der Waals surface area contributed by atoms with Crippen LogP contribution in [0.5, 0.6) is 0 Å². The number of hydrogen-bond acceptors (Lipinski definition) is 4. The number of ether oxygens (including phenoxy) is 1. The van der Waals surface area contributed by atoms with Gasteiger partial charge < -0.3 is 10.1 Å². The zero-order chi connectivity index (χ0) is 15.9. The second-order valence-corrected chi connectivity index (χ2v) is 6.96. The van der Waals surface area contributed by atoms with Crippen molar-refractivity contribution in [3.8, 4) is 0 Å². The third kappa shape index (κ3) is 4.93. The molecule has 1 aliphatic carbocycles. The molecular formula is C17H33N3O2. The molecule has 5 heteroatoms. The molecule has 2 unspecified atom stereocenters. The number of piperazine rings is 1. The van der Waals surface area contributed by atoms with Crippen molar-refractivity contribution in [1.29, 1.82) is 0 Å². The number of hydrogen-bond donors (Lipinski definition) is 1. The van der Waals surface area contributed by atoms with E-state index in [1.807, 2.05) is 0 Å². The molecule has 0 radical (unpaired) electrons. The summed E-state index contributed by atoms with van der Waals surface area (Å²) in [7, 11) is 1.76. The van der Waals surface area contributed by atoms with Crippen LogP contribution in [0.15, 0.2) is 0 Å². The van der Waals surface area contributed by atoms with Crippen LogP contribution in [0.3, 0.4) is 0 Å². The molecule has 1 N–H and O–H groups in total. The van der Waals surface area contributed by atoms with E-state index >= 15 is 0 Å². The van der Waals surface area contributed by atoms with Crippen molar-refractivity contribution in [3.63, 3.8) is 0 Å². The topological polar surface area (TPSA) is 44.8 Å². The van der Waals surface area contributed by atoms with E-state index < -0.39 is 0 Å². The summed E-state index contributed by atoms with van der Waals surface area (Å²) in [6.45, 7) is 10.3. The molecule has 2 fully saturated rings. The van der Waals surface area contributed by atoms with E-state index in [1.54, 1.807) is 7.11 Å². The molecule has 0 aromatic rings. The molecule has 0 bridgehead atoms. The highest BCUT2D eigenvalue weighted by Gasteiger charge is 2.29. The van der Waals surface area contributed by atoms with Gasteiger partial charge in [-0.15, -0.1) is 0 Å². The second kappa shape index (κ2) is 8.85. The van der Waals surface area contributed by atoms with Gasteiger partial charge in [0.05, 0.1) is 6.61 Å². The van der Waals surface area contributed by atoms with Crippen LogP contribution in [0.1, 0.15) is 39.5 Å². The van der Waals surface area contributed by atoms with Crippen LogP contribution in [0.4, 0.5) is 0 Å². The molecule has 0 spiro atoms. The van der Waals surface area contributed by atoms with Crippen molar-refractivity contribution in [2.45, 2.75) is 51.6 Å². The van der Waals surface area contributed by atoms with E-state index in [0.717, 1.165) is 52.2 Å². The summed E-state index contributed by atoms with van der Waals surface area (Å²) in [5.41, 5.74) is 0. The van der Waals surface area contributed by atoms with Crippen molar-refractivity contribution in [2.24, 2.45) is 5.92 Å². The lowest BCUT2D eigenvalue weighted by molar-refractivity contribution is -0.124. The minimum Gasteiger partial charge on any atom is -0.383 e. The lowest BCUT2D eigenvalue weighted by Crippen LogP contribution is -2.58. The van der Waals surface area contributed by atoms with E-state index in [1.165, 1.54) is 12.8 Å². The van der Waals surface area contributed by atoms with E-state index in [2.05, 4.69) is 29.0 Å². The van der Waals surface area contributed by atoms with Crippen LogP contribution in [0.2, 0.25) is 0 Å². The van der Waals surface area contributed by atoms with Crippen LogP contribution >= 0.6 is 0 Å². The highest BCUT2D eigenvalue weighted by Crippen LogP contribution is 2.24. The van der Waals surface area contributed by atoms with Gasteiger partial charge in [-0.25, -0.2) is 0 Å². The fraction of sp³-hybridized carbons (Fsp3) is 0.941. The Morgan fingerprint density at radius 3 is 2.36 bits per heavy atom. The summed E-state index contributed by atoms with van der Waals surface area (Å²) < 4.78 is 5.21. The molecule has 1 heterocycles. The first kappa shape index (κ1) is 17.7. The lowest BCUT2D eigenvalue weighted by Gasteiger charge is -2.44. The van der Waals surface area contributed by atoms with Gasteiger partial charge in [0.25, 0.3) is 0 Å². The van der Waals surface area contributed by atoms with Crippen LogP contribution < -0.4 is 5.32 Å². The molecule has 0 aromatic carbocycles. The fourth-order valence-electron chi connectivity index (χ4n) is 3.96. The van der Waals surface area contributed by atoms with E-state index in [0.29, 0.717) is 12.1 Å². The first-order valence-electron chi connectivity index (χ1n) is 8.86. The van der Waals surface area contributed by atoms with Crippen LogP contribution in [-0.2, 0) is 9.53 Å². The zero-order valence-electron chi connectivity index (χ0n) is 14.5. The molecule has 5 nitrogen and oxygen atoms in total. The van der Waals surface area contributed by atoms with Gasteiger partial charge in [0.1, 0.15) is 0 Å². The van der Waals surface area contributed by atoms with Gasteiger partial charge >= 0.3 is 0 Å². The summed E-state index contributed by atoms with van der Waals surface area (Å²) in [6.07, 6.45) is 4.60. The van der Waals surface area contributed by atoms with Gasteiger partial charge in [-0.2, -0.15) is 0 Å². The molecule has 1 saturated carbocycles. The largest absolute Gasteiger partial charge is 0.383 e. The Morgan fingerprint density at radius 2 is 1.77 bits per heavy atom. The van der Waals surface area contributed by atoms with Crippen LogP contribution in [0.25, 0.3) is 0 Å². The predicted molar refractivity (Wildman–Crippen MR) is 88.9 cm³/mol. The first-order valence-corrected chi connectivity index (χ1v) is 8.86. The first-order chi connectivity index (χ1) is 10.6. The third-order valence-electron chi connectivity index (χ3n) is 5.18. The lowest BCUT2D eigenvalue weighted by atomic mass is 10.1. The van der Waals surface area contributed by atoms with Gasteiger partial charge in [0, 0.05) is 57.8 Å². The number of carbonyl (C=O) groups is 1. The molecule has 1 aliphatic heterocycles.